The van der Waals surface area contributed by atoms with Crippen molar-refractivity contribution in [2.24, 2.45) is 9.98 Å². The molecule has 2 nitrogen and oxygen atoms in total. The maximum absolute atomic E-state index is 5.28. The van der Waals surface area contributed by atoms with Gasteiger partial charge in [-0.2, -0.15) is 0 Å². The highest BCUT2D eigenvalue weighted by Crippen LogP contribution is 2.30. The monoisotopic (exact) mass is 432 g/mol. The molecule has 4 aromatic rings. The molecule has 0 bridgehead atoms. The van der Waals surface area contributed by atoms with E-state index < -0.39 is 0 Å². The Morgan fingerprint density at radius 1 is 0.576 bits per heavy atom. The van der Waals surface area contributed by atoms with Gasteiger partial charge in [-0.15, -0.1) is 0 Å². The summed E-state index contributed by atoms with van der Waals surface area (Å²) in [5, 5.41) is 2.39. The van der Waals surface area contributed by atoms with Crippen LogP contribution in [0, 0.1) is 41.5 Å². The number of hydrogen-bond acceptors (Lipinski definition) is 2. The van der Waals surface area contributed by atoms with Crippen molar-refractivity contribution in [2.75, 3.05) is 0 Å². The second-order valence-corrected chi connectivity index (χ2v) is 9.18. The molecule has 0 aromatic heterocycles. The van der Waals surface area contributed by atoms with Gasteiger partial charge < -0.3 is 0 Å². The Labute approximate surface area is 197 Å². The van der Waals surface area contributed by atoms with E-state index in [1.807, 2.05) is 0 Å². The molecule has 33 heavy (non-hydrogen) atoms. The van der Waals surface area contributed by atoms with Gasteiger partial charge in [-0.25, -0.2) is 4.99 Å². The molecule has 0 amide bonds. The minimum Gasteiger partial charge on any atom is -0.251 e. The minimum absolute atomic E-state index is 0.917. The normalized spacial score (nSPS) is 12.5. The molecule has 0 unspecified atom stereocenters. The summed E-state index contributed by atoms with van der Waals surface area (Å²) in [5.41, 5.74) is 12.2. The largest absolute Gasteiger partial charge is 0.251 e. The van der Waals surface area contributed by atoms with Crippen LogP contribution in [0.2, 0.25) is 0 Å². The first-order chi connectivity index (χ1) is 15.7. The van der Waals surface area contributed by atoms with Crippen LogP contribution in [0.4, 0.5) is 11.4 Å². The van der Waals surface area contributed by atoms with Crippen molar-refractivity contribution in [3.8, 4) is 0 Å². The molecule has 0 aliphatic heterocycles. The van der Waals surface area contributed by atoms with Crippen molar-refractivity contribution < 1.29 is 0 Å². The van der Waals surface area contributed by atoms with Crippen LogP contribution in [-0.4, -0.2) is 11.4 Å². The van der Waals surface area contributed by atoms with Crippen LogP contribution >= 0.6 is 0 Å². The van der Waals surface area contributed by atoms with E-state index >= 15 is 0 Å². The Balaban J connectivity index is 2.00. The lowest BCUT2D eigenvalue weighted by molar-refractivity contribution is 1.28. The van der Waals surface area contributed by atoms with Crippen molar-refractivity contribution in [1.82, 2.24) is 0 Å². The first kappa shape index (κ1) is 22.7. The van der Waals surface area contributed by atoms with Gasteiger partial charge in [-0.1, -0.05) is 77.9 Å². The van der Waals surface area contributed by atoms with Crippen LogP contribution < -0.4 is 0 Å². The number of nitrogens with zero attached hydrogens (tertiary/aromatic N) is 2. The lowest BCUT2D eigenvalue weighted by atomic mass is 9.97. The molecule has 0 aliphatic carbocycles. The molecule has 0 saturated carbocycles. The van der Waals surface area contributed by atoms with Crippen LogP contribution in [0.15, 0.2) is 76.7 Å². The van der Waals surface area contributed by atoms with E-state index in [4.69, 9.17) is 9.98 Å². The third kappa shape index (κ3) is 4.66. The van der Waals surface area contributed by atoms with Crippen molar-refractivity contribution >= 4 is 33.6 Å². The number of aryl methyl sites for hydroxylation is 6. The second-order valence-electron chi connectivity index (χ2n) is 9.18. The van der Waals surface area contributed by atoms with E-state index in [1.165, 1.54) is 44.2 Å². The van der Waals surface area contributed by atoms with Gasteiger partial charge in [0.1, 0.15) is 0 Å². The molecule has 0 aliphatic rings. The zero-order valence-corrected chi connectivity index (χ0v) is 20.7. The van der Waals surface area contributed by atoms with E-state index in [0.29, 0.717) is 0 Å². The highest BCUT2D eigenvalue weighted by Gasteiger charge is 2.15. The summed E-state index contributed by atoms with van der Waals surface area (Å²) in [6.45, 7) is 14.9. The molecule has 0 N–H and O–H groups in total. The first-order valence-corrected chi connectivity index (χ1v) is 11.5. The standard InChI is InChI=1S/C31H32N2/c1-19-15-21(3)29(22(4)16-19)32-25(7)31(33-30-23(5)17-20(2)18-24(30)6)28-14-10-12-26-11-8-9-13-27(26)28/h8-18H,1-7H3. The third-order valence-electron chi connectivity index (χ3n) is 6.16. The summed E-state index contributed by atoms with van der Waals surface area (Å²) in [4.78, 5) is 10.4. The van der Waals surface area contributed by atoms with Crippen LogP contribution in [0.25, 0.3) is 10.8 Å². The predicted octanol–water partition coefficient (Wildman–Crippen LogP) is 8.60. The Morgan fingerprint density at radius 2 is 1.06 bits per heavy atom. The molecule has 4 rings (SSSR count). The molecular formula is C31H32N2. The lowest BCUT2D eigenvalue weighted by Crippen LogP contribution is -2.13. The van der Waals surface area contributed by atoms with Crippen molar-refractivity contribution in [3.63, 3.8) is 0 Å². The topological polar surface area (TPSA) is 24.7 Å². The number of aliphatic imine (C=N–C) groups is 2. The number of rotatable bonds is 4. The van der Waals surface area contributed by atoms with Crippen LogP contribution in [0.3, 0.4) is 0 Å². The van der Waals surface area contributed by atoms with Gasteiger partial charge in [0.25, 0.3) is 0 Å². The molecule has 0 spiro atoms. The number of fused-ring (bicyclic) bond motifs is 1. The van der Waals surface area contributed by atoms with E-state index in [9.17, 15) is 0 Å². The van der Waals surface area contributed by atoms with Crippen LogP contribution in [-0.2, 0) is 0 Å². The average molecular weight is 433 g/mol. The van der Waals surface area contributed by atoms with Gasteiger partial charge in [0, 0.05) is 5.56 Å². The van der Waals surface area contributed by atoms with Crippen molar-refractivity contribution in [2.45, 2.75) is 48.5 Å². The Hall–Kier alpha value is -3.52. The molecule has 166 valence electrons. The van der Waals surface area contributed by atoms with Crippen molar-refractivity contribution in [1.29, 1.82) is 0 Å². The molecular weight excluding hydrogens is 400 g/mol. The highest BCUT2D eigenvalue weighted by molar-refractivity contribution is 6.50. The first-order valence-electron chi connectivity index (χ1n) is 11.5. The number of benzene rings is 4. The van der Waals surface area contributed by atoms with E-state index in [2.05, 4.69) is 115 Å². The van der Waals surface area contributed by atoms with E-state index in [1.54, 1.807) is 0 Å². The zero-order valence-electron chi connectivity index (χ0n) is 20.7. The van der Waals surface area contributed by atoms with Crippen molar-refractivity contribution in [3.05, 3.63) is 106 Å². The molecule has 0 saturated heterocycles. The SMILES string of the molecule is CC(=Nc1c(C)cc(C)cc1C)C(=Nc1c(C)cc(C)cc1C)c1cccc2ccccc12. The molecule has 4 aromatic carbocycles. The minimum atomic E-state index is 0.917. The quantitative estimate of drug-likeness (QED) is 0.288. The van der Waals surface area contributed by atoms with E-state index in [-0.39, 0.29) is 0 Å². The van der Waals surface area contributed by atoms with Gasteiger partial charge in [0.05, 0.1) is 22.8 Å². The lowest BCUT2D eigenvalue weighted by Gasteiger charge is -2.15. The number of hydrogen-bond donors (Lipinski definition) is 0. The summed E-state index contributed by atoms with van der Waals surface area (Å²) in [6, 6.07) is 23.7. The zero-order chi connectivity index (χ0) is 23.7. The highest BCUT2D eigenvalue weighted by atomic mass is 14.8. The Bertz CT molecular complexity index is 1370. The molecule has 0 atom stereocenters. The summed E-state index contributed by atoms with van der Waals surface area (Å²) in [7, 11) is 0. The van der Waals surface area contributed by atoms with Gasteiger partial charge in [0.15, 0.2) is 0 Å². The summed E-state index contributed by atoms with van der Waals surface area (Å²) < 4.78 is 0. The van der Waals surface area contributed by atoms with Gasteiger partial charge >= 0.3 is 0 Å². The summed E-state index contributed by atoms with van der Waals surface area (Å²) in [6.07, 6.45) is 0. The van der Waals surface area contributed by atoms with E-state index in [0.717, 1.165) is 28.4 Å². The Morgan fingerprint density at radius 3 is 1.64 bits per heavy atom. The van der Waals surface area contributed by atoms with Gasteiger partial charge in [0.2, 0.25) is 0 Å². The average Bonchev–Trinajstić information content (AvgIpc) is 2.75. The second kappa shape index (κ2) is 9.15. The summed E-state index contributed by atoms with van der Waals surface area (Å²) in [5.74, 6) is 0. The van der Waals surface area contributed by atoms with Gasteiger partial charge in [-0.05, 0) is 81.5 Å². The fourth-order valence-corrected chi connectivity index (χ4v) is 4.80. The van der Waals surface area contributed by atoms with Gasteiger partial charge in [-0.3, -0.25) is 4.99 Å². The molecule has 2 heteroatoms. The van der Waals surface area contributed by atoms with Crippen LogP contribution in [0.1, 0.15) is 45.9 Å². The molecule has 0 fully saturated rings. The smallest absolute Gasteiger partial charge is 0.0927 e. The Kier molecular flexibility index (Phi) is 6.29. The maximum Gasteiger partial charge on any atom is 0.0927 e. The fourth-order valence-electron chi connectivity index (χ4n) is 4.80. The van der Waals surface area contributed by atoms with Crippen LogP contribution in [0.5, 0.6) is 0 Å². The predicted molar refractivity (Wildman–Crippen MR) is 144 cm³/mol. The maximum atomic E-state index is 5.28. The fraction of sp³-hybridized carbons (Fsp3) is 0.226. The molecule has 0 heterocycles. The molecule has 0 radical (unpaired) electrons. The summed E-state index contributed by atoms with van der Waals surface area (Å²) >= 11 is 0. The third-order valence-corrected chi connectivity index (χ3v) is 6.16.